The van der Waals surface area contributed by atoms with Crippen LogP contribution in [0.3, 0.4) is 0 Å². The van der Waals surface area contributed by atoms with Crippen LogP contribution >= 0.6 is 0 Å². The van der Waals surface area contributed by atoms with Crippen molar-refractivity contribution in [2.75, 3.05) is 13.7 Å². The van der Waals surface area contributed by atoms with Crippen molar-refractivity contribution in [2.24, 2.45) is 4.99 Å². The summed E-state index contributed by atoms with van der Waals surface area (Å²) in [6.45, 7) is 4.45. The van der Waals surface area contributed by atoms with Gasteiger partial charge in [-0.3, -0.25) is 0 Å². The molecule has 7 heteroatoms. The number of nitrogens with one attached hydrogen (secondary N) is 2. The average Bonchev–Trinajstić information content (AvgIpc) is 2.67. The number of halogens is 2. The first-order chi connectivity index (χ1) is 13.0. The number of rotatable bonds is 7. The third-order valence-electron chi connectivity index (χ3n) is 4.07. The second-order valence-electron chi connectivity index (χ2n) is 6.04. The van der Waals surface area contributed by atoms with Gasteiger partial charge in [-0.15, -0.1) is 0 Å². The molecule has 0 aliphatic rings. The molecule has 0 aliphatic carbocycles. The highest BCUT2D eigenvalue weighted by atomic mass is 19.1. The number of benzene rings is 2. The van der Waals surface area contributed by atoms with Crippen LogP contribution in [0.1, 0.15) is 36.6 Å². The van der Waals surface area contributed by atoms with Crippen molar-refractivity contribution in [1.29, 1.82) is 0 Å². The molecule has 1 atom stereocenters. The van der Waals surface area contributed by atoms with Crippen LogP contribution in [0.5, 0.6) is 5.75 Å². The van der Waals surface area contributed by atoms with Crippen LogP contribution in [0.25, 0.3) is 0 Å². The van der Waals surface area contributed by atoms with Gasteiger partial charge >= 0.3 is 0 Å². The van der Waals surface area contributed by atoms with Gasteiger partial charge in [-0.25, -0.2) is 13.8 Å². The summed E-state index contributed by atoms with van der Waals surface area (Å²) in [6.07, 6.45) is 0. The van der Waals surface area contributed by atoms with Crippen LogP contribution in [0, 0.1) is 11.6 Å². The van der Waals surface area contributed by atoms with Crippen LogP contribution in [0.15, 0.2) is 41.4 Å². The predicted molar refractivity (Wildman–Crippen MR) is 102 cm³/mol. The maximum Gasteiger partial charge on any atom is 0.192 e. The summed E-state index contributed by atoms with van der Waals surface area (Å²) in [5, 5.41) is 15.5. The number of nitrogens with zero attached hydrogens (tertiary/aromatic N) is 1. The first-order valence-corrected chi connectivity index (χ1v) is 8.74. The minimum absolute atomic E-state index is 0.190. The van der Waals surface area contributed by atoms with E-state index in [0.29, 0.717) is 19.0 Å². The molecule has 2 rings (SSSR count). The number of aliphatic imine (C=N–C) groups is 1. The Morgan fingerprint density at radius 2 is 1.96 bits per heavy atom. The third-order valence-corrected chi connectivity index (χ3v) is 4.07. The highest BCUT2D eigenvalue weighted by Crippen LogP contribution is 2.21. The summed E-state index contributed by atoms with van der Waals surface area (Å²) >= 11 is 0. The predicted octanol–water partition coefficient (Wildman–Crippen LogP) is 3.28. The molecule has 0 heterocycles. The van der Waals surface area contributed by atoms with Crippen LogP contribution in [0.2, 0.25) is 0 Å². The highest BCUT2D eigenvalue weighted by molar-refractivity contribution is 5.80. The molecule has 0 aromatic heterocycles. The van der Waals surface area contributed by atoms with Crippen LogP contribution in [-0.2, 0) is 13.2 Å². The quantitative estimate of drug-likeness (QED) is 0.512. The monoisotopic (exact) mass is 377 g/mol. The maximum absolute atomic E-state index is 13.9. The molecule has 5 nitrogen and oxygen atoms in total. The molecule has 0 bridgehead atoms. The lowest BCUT2D eigenvalue weighted by molar-refractivity contribution is 0.275. The van der Waals surface area contributed by atoms with E-state index in [1.54, 1.807) is 24.3 Å². The van der Waals surface area contributed by atoms with E-state index < -0.39 is 11.6 Å². The zero-order valence-corrected chi connectivity index (χ0v) is 15.7. The minimum atomic E-state index is -0.439. The van der Waals surface area contributed by atoms with Crippen molar-refractivity contribution in [3.8, 4) is 5.75 Å². The fourth-order valence-corrected chi connectivity index (χ4v) is 2.58. The van der Waals surface area contributed by atoms with E-state index in [9.17, 15) is 8.78 Å². The number of hydrogen-bond acceptors (Lipinski definition) is 3. The summed E-state index contributed by atoms with van der Waals surface area (Å²) in [4.78, 5) is 4.48. The van der Waals surface area contributed by atoms with E-state index in [0.717, 1.165) is 11.1 Å². The Morgan fingerprint density at radius 3 is 2.59 bits per heavy atom. The molecule has 1 unspecified atom stereocenters. The van der Waals surface area contributed by atoms with Gasteiger partial charge in [0.2, 0.25) is 0 Å². The molecule has 0 fully saturated rings. The van der Waals surface area contributed by atoms with Crippen LogP contribution in [-0.4, -0.2) is 24.7 Å². The van der Waals surface area contributed by atoms with Gasteiger partial charge in [0.05, 0.1) is 26.3 Å². The number of aliphatic hydroxyl groups excluding tert-OH is 1. The molecule has 0 aliphatic heterocycles. The molecule has 0 saturated heterocycles. The number of methoxy groups -OCH3 is 1. The molecular formula is C20H25F2N3O2. The van der Waals surface area contributed by atoms with Crippen molar-refractivity contribution >= 4 is 5.96 Å². The molecular weight excluding hydrogens is 352 g/mol. The second kappa shape index (κ2) is 9.87. The van der Waals surface area contributed by atoms with E-state index in [-0.39, 0.29) is 24.0 Å². The Labute approximate surface area is 158 Å². The lowest BCUT2D eigenvalue weighted by Crippen LogP contribution is -2.38. The van der Waals surface area contributed by atoms with E-state index >= 15 is 0 Å². The molecule has 146 valence electrons. The van der Waals surface area contributed by atoms with Crippen molar-refractivity contribution < 1.29 is 18.6 Å². The van der Waals surface area contributed by atoms with Gasteiger partial charge in [0.25, 0.3) is 0 Å². The Balaban J connectivity index is 2.11. The summed E-state index contributed by atoms with van der Waals surface area (Å²) in [5.74, 6) is -0.113. The van der Waals surface area contributed by atoms with Gasteiger partial charge in [0.15, 0.2) is 17.5 Å². The Hall–Kier alpha value is -2.67. The van der Waals surface area contributed by atoms with Gasteiger partial charge in [0, 0.05) is 12.1 Å². The Kier molecular flexibility index (Phi) is 7.55. The Bertz CT molecular complexity index is 797. The summed E-state index contributed by atoms with van der Waals surface area (Å²) in [5.41, 5.74) is 1.77. The van der Waals surface area contributed by atoms with Gasteiger partial charge in [-0.2, -0.15) is 0 Å². The second-order valence-corrected chi connectivity index (χ2v) is 6.04. The van der Waals surface area contributed by atoms with Crippen molar-refractivity contribution in [3.63, 3.8) is 0 Å². The van der Waals surface area contributed by atoms with Crippen molar-refractivity contribution in [1.82, 2.24) is 10.6 Å². The molecule has 3 N–H and O–H groups in total. The SMILES string of the molecule is CCNC(=NCc1ccc(F)c(CO)c1)NC(C)c1ccc(OC)c(F)c1. The van der Waals surface area contributed by atoms with Gasteiger partial charge in [0.1, 0.15) is 5.82 Å². The van der Waals surface area contributed by atoms with Crippen molar-refractivity contribution in [2.45, 2.75) is 33.0 Å². The van der Waals surface area contributed by atoms with E-state index in [1.165, 1.54) is 19.2 Å². The highest BCUT2D eigenvalue weighted by Gasteiger charge is 2.11. The fraction of sp³-hybridized carbons (Fsp3) is 0.350. The van der Waals surface area contributed by atoms with E-state index in [1.807, 2.05) is 13.8 Å². The summed E-state index contributed by atoms with van der Waals surface area (Å²) in [6, 6.07) is 9.14. The molecule has 27 heavy (non-hydrogen) atoms. The van der Waals surface area contributed by atoms with Crippen LogP contribution < -0.4 is 15.4 Å². The first kappa shape index (κ1) is 20.6. The molecule has 0 saturated carbocycles. The maximum atomic E-state index is 13.9. The lowest BCUT2D eigenvalue weighted by atomic mass is 10.1. The van der Waals surface area contributed by atoms with Gasteiger partial charge in [-0.05, 0) is 49.2 Å². The van der Waals surface area contributed by atoms with Crippen LogP contribution in [0.4, 0.5) is 8.78 Å². The number of hydrogen-bond donors (Lipinski definition) is 3. The Morgan fingerprint density at radius 1 is 1.19 bits per heavy atom. The molecule has 2 aromatic rings. The zero-order valence-electron chi connectivity index (χ0n) is 15.7. The lowest BCUT2D eigenvalue weighted by Gasteiger charge is -2.19. The fourth-order valence-electron chi connectivity index (χ4n) is 2.58. The topological polar surface area (TPSA) is 65.9 Å². The summed E-state index contributed by atoms with van der Waals surface area (Å²) in [7, 11) is 1.42. The summed E-state index contributed by atoms with van der Waals surface area (Å²) < 4.78 is 32.3. The molecule has 0 amide bonds. The average molecular weight is 377 g/mol. The number of aliphatic hydroxyl groups is 1. The number of guanidine groups is 1. The zero-order chi connectivity index (χ0) is 19.8. The standard InChI is InChI=1S/C20H25F2N3O2/c1-4-23-20(24-11-14-5-7-17(21)16(9-14)12-26)25-13(2)15-6-8-19(27-3)18(22)10-15/h5-10,13,26H,4,11-12H2,1-3H3,(H2,23,24,25). The van der Waals surface area contributed by atoms with E-state index in [4.69, 9.17) is 9.84 Å². The molecule has 0 spiro atoms. The third kappa shape index (κ3) is 5.65. The number of ether oxygens (including phenoxy) is 1. The normalized spacial score (nSPS) is 12.6. The minimum Gasteiger partial charge on any atom is -0.494 e. The smallest absolute Gasteiger partial charge is 0.192 e. The molecule has 2 aromatic carbocycles. The van der Waals surface area contributed by atoms with Crippen molar-refractivity contribution in [3.05, 3.63) is 64.7 Å². The van der Waals surface area contributed by atoms with Gasteiger partial charge < -0.3 is 20.5 Å². The van der Waals surface area contributed by atoms with E-state index in [2.05, 4.69) is 15.6 Å². The van der Waals surface area contributed by atoms with Gasteiger partial charge in [-0.1, -0.05) is 12.1 Å². The molecule has 0 radical (unpaired) electrons. The first-order valence-electron chi connectivity index (χ1n) is 8.74. The largest absolute Gasteiger partial charge is 0.494 e.